The molecule has 0 amide bonds. The van der Waals surface area contributed by atoms with Crippen molar-refractivity contribution < 1.29 is 0 Å². The van der Waals surface area contributed by atoms with Gasteiger partial charge >= 0.3 is 0 Å². The Bertz CT molecular complexity index is 159. The minimum absolute atomic E-state index is 0.484. The summed E-state index contributed by atoms with van der Waals surface area (Å²) in [7, 11) is 2.28. The predicted molar refractivity (Wildman–Crippen MR) is 58.9 cm³/mol. The van der Waals surface area contributed by atoms with Gasteiger partial charge in [-0.3, -0.25) is 0 Å². The lowest BCUT2D eigenvalue weighted by atomic mass is 9.89. The molecule has 0 unspecified atom stereocenters. The van der Waals surface area contributed by atoms with E-state index in [9.17, 15) is 0 Å². The Labute approximate surface area is 83.5 Å². The van der Waals surface area contributed by atoms with Crippen molar-refractivity contribution in [3.63, 3.8) is 0 Å². The normalized spacial score (nSPS) is 20.8. The van der Waals surface area contributed by atoms with Gasteiger partial charge in [0.15, 0.2) is 0 Å². The van der Waals surface area contributed by atoms with Crippen LogP contribution in [0.4, 0.5) is 0 Å². The molecule has 0 aromatic heterocycles. The van der Waals surface area contributed by atoms with Crippen molar-refractivity contribution in [3.8, 4) is 0 Å². The van der Waals surface area contributed by atoms with Crippen molar-refractivity contribution in [1.82, 2.24) is 4.90 Å². The maximum atomic E-state index is 2.54. The van der Waals surface area contributed by atoms with Crippen molar-refractivity contribution in [2.45, 2.75) is 53.0 Å². The zero-order chi connectivity index (χ0) is 10.1. The Morgan fingerprint density at radius 2 is 1.92 bits per heavy atom. The summed E-state index contributed by atoms with van der Waals surface area (Å²) in [6, 6.07) is 0.797. The summed E-state index contributed by atoms with van der Waals surface area (Å²) in [4.78, 5) is 2.54. The van der Waals surface area contributed by atoms with E-state index in [1.165, 1.54) is 25.8 Å². The summed E-state index contributed by atoms with van der Waals surface area (Å²) in [6.07, 6.45) is 4.19. The van der Waals surface area contributed by atoms with Gasteiger partial charge in [0.1, 0.15) is 0 Å². The standard InChI is InChI=1S/C12H25N/c1-6-12(3,4)9-13(5)10(2)11-7-8-11/h10-11H,6-9H2,1-5H3/t10-/m1/s1. The topological polar surface area (TPSA) is 3.24 Å². The molecule has 1 rings (SSSR count). The molecular weight excluding hydrogens is 158 g/mol. The molecule has 1 saturated carbocycles. The number of hydrogen-bond acceptors (Lipinski definition) is 1. The first kappa shape index (κ1) is 11.0. The van der Waals surface area contributed by atoms with Crippen LogP contribution < -0.4 is 0 Å². The van der Waals surface area contributed by atoms with Crippen LogP contribution in [-0.2, 0) is 0 Å². The second kappa shape index (κ2) is 4.00. The Kier molecular flexibility index (Phi) is 3.39. The van der Waals surface area contributed by atoms with E-state index in [4.69, 9.17) is 0 Å². The van der Waals surface area contributed by atoms with Crippen LogP contribution in [-0.4, -0.2) is 24.5 Å². The minimum atomic E-state index is 0.484. The Balaban J connectivity index is 2.34. The summed E-state index contributed by atoms with van der Waals surface area (Å²) in [5.74, 6) is 0.998. The average molecular weight is 183 g/mol. The zero-order valence-corrected chi connectivity index (χ0v) is 9.93. The van der Waals surface area contributed by atoms with Gasteiger partial charge in [-0.25, -0.2) is 0 Å². The smallest absolute Gasteiger partial charge is 0.00923 e. The van der Waals surface area contributed by atoms with Gasteiger partial charge in [-0.1, -0.05) is 20.8 Å². The molecule has 78 valence electrons. The first-order valence-electron chi connectivity index (χ1n) is 5.66. The Hall–Kier alpha value is -0.0400. The molecule has 1 atom stereocenters. The van der Waals surface area contributed by atoms with Crippen molar-refractivity contribution in [1.29, 1.82) is 0 Å². The van der Waals surface area contributed by atoms with Crippen molar-refractivity contribution >= 4 is 0 Å². The van der Waals surface area contributed by atoms with Crippen LogP contribution in [0.5, 0.6) is 0 Å². The minimum Gasteiger partial charge on any atom is -0.303 e. The third-order valence-corrected chi connectivity index (χ3v) is 3.63. The van der Waals surface area contributed by atoms with Gasteiger partial charge in [0.05, 0.1) is 0 Å². The van der Waals surface area contributed by atoms with E-state index in [-0.39, 0.29) is 0 Å². The van der Waals surface area contributed by atoms with E-state index in [2.05, 4.69) is 39.6 Å². The van der Waals surface area contributed by atoms with Crippen molar-refractivity contribution in [3.05, 3.63) is 0 Å². The Morgan fingerprint density at radius 3 is 2.31 bits per heavy atom. The maximum Gasteiger partial charge on any atom is 0.00923 e. The third-order valence-electron chi connectivity index (χ3n) is 3.63. The maximum absolute atomic E-state index is 2.54. The highest BCUT2D eigenvalue weighted by molar-refractivity contribution is 4.85. The van der Waals surface area contributed by atoms with Crippen LogP contribution in [0.25, 0.3) is 0 Å². The summed E-state index contributed by atoms with van der Waals surface area (Å²) >= 11 is 0. The molecule has 0 N–H and O–H groups in total. The van der Waals surface area contributed by atoms with E-state index in [1.54, 1.807) is 0 Å². The number of rotatable bonds is 5. The highest BCUT2D eigenvalue weighted by Crippen LogP contribution is 2.35. The summed E-state index contributed by atoms with van der Waals surface area (Å²) in [5, 5.41) is 0. The lowest BCUT2D eigenvalue weighted by Gasteiger charge is -2.33. The molecule has 13 heavy (non-hydrogen) atoms. The van der Waals surface area contributed by atoms with Gasteiger partial charge in [0.25, 0.3) is 0 Å². The molecule has 1 heteroatoms. The SMILES string of the molecule is CCC(C)(C)CN(C)[C@H](C)C1CC1. The molecule has 1 nitrogen and oxygen atoms in total. The molecule has 1 fully saturated rings. The summed E-state index contributed by atoms with van der Waals surface area (Å²) in [5.41, 5.74) is 0.484. The predicted octanol–water partition coefficient (Wildman–Crippen LogP) is 3.15. The highest BCUT2D eigenvalue weighted by Gasteiger charge is 2.32. The third kappa shape index (κ3) is 3.30. The molecule has 0 radical (unpaired) electrons. The van der Waals surface area contributed by atoms with E-state index < -0.39 is 0 Å². The summed E-state index contributed by atoms with van der Waals surface area (Å²) < 4.78 is 0. The van der Waals surface area contributed by atoms with Crippen LogP contribution in [0.2, 0.25) is 0 Å². The van der Waals surface area contributed by atoms with Crippen molar-refractivity contribution in [2.75, 3.05) is 13.6 Å². The van der Waals surface area contributed by atoms with Gasteiger partial charge in [-0.15, -0.1) is 0 Å². The van der Waals surface area contributed by atoms with Crippen LogP contribution in [0, 0.1) is 11.3 Å². The van der Waals surface area contributed by atoms with E-state index in [0.29, 0.717) is 5.41 Å². The molecule has 0 heterocycles. The molecule has 1 aliphatic carbocycles. The molecule has 0 aromatic rings. The van der Waals surface area contributed by atoms with Crippen molar-refractivity contribution in [2.24, 2.45) is 11.3 Å². The second-order valence-electron chi connectivity index (χ2n) is 5.51. The highest BCUT2D eigenvalue weighted by atomic mass is 15.1. The number of nitrogens with zero attached hydrogens (tertiary/aromatic N) is 1. The fourth-order valence-electron chi connectivity index (χ4n) is 1.87. The molecule has 0 saturated heterocycles. The quantitative estimate of drug-likeness (QED) is 0.633. The summed E-state index contributed by atoms with van der Waals surface area (Å²) in [6.45, 7) is 10.6. The molecule has 0 bridgehead atoms. The fraction of sp³-hybridized carbons (Fsp3) is 1.00. The molecule has 1 aliphatic rings. The first-order chi connectivity index (χ1) is 5.96. The monoisotopic (exact) mass is 183 g/mol. The lowest BCUT2D eigenvalue weighted by molar-refractivity contribution is 0.152. The largest absolute Gasteiger partial charge is 0.303 e. The van der Waals surface area contributed by atoms with Gasteiger partial charge in [0, 0.05) is 12.6 Å². The lowest BCUT2D eigenvalue weighted by Crippen LogP contribution is -2.38. The van der Waals surface area contributed by atoms with Crippen LogP contribution in [0.1, 0.15) is 47.0 Å². The second-order valence-corrected chi connectivity index (χ2v) is 5.51. The van der Waals surface area contributed by atoms with E-state index >= 15 is 0 Å². The first-order valence-corrected chi connectivity index (χ1v) is 5.66. The zero-order valence-electron chi connectivity index (χ0n) is 9.93. The fourth-order valence-corrected chi connectivity index (χ4v) is 1.87. The van der Waals surface area contributed by atoms with E-state index in [1.807, 2.05) is 0 Å². The molecular formula is C12H25N. The number of hydrogen-bond donors (Lipinski definition) is 0. The molecule has 0 aromatic carbocycles. The van der Waals surface area contributed by atoms with Gasteiger partial charge < -0.3 is 4.90 Å². The van der Waals surface area contributed by atoms with Crippen LogP contribution in [0.3, 0.4) is 0 Å². The van der Waals surface area contributed by atoms with E-state index in [0.717, 1.165) is 12.0 Å². The van der Waals surface area contributed by atoms with Gasteiger partial charge in [0.2, 0.25) is 0 Å². The van der Waals surface area contributed by atoms with Gasteiger partial charge in [-0.05, 0) is 44.6 Å². The Morgan fingerprint density at radius 1 is 1.38 bits per heavy atom. The van der Waals surface area contributed by atoms with Crippen LogP contribution >= 0.6 is 0 Å². The average Bonchev–Trinajstić information content (AvgIpc) is 2.85. The van der Waals surface area contributed by atoms with Gasteiger partial charge in [-0.2, -0.15) is 0 Å². The van der Waals surface area contributed by atoms with Crippen LogP contribution in [0.15, 0.2) is 0 Å². The molecule has 0 spiro atoms. The molecule has 0 aliphatic heterocycles.